The lowest BCUT2D eigenvalue weighted by atomic mass is 10.3. The van der Waals surface area contributed by atoms with Gasteiger partial charge in [0.05, 0.1) is 10.7 Å². The van der Waals surface area contributed by atoms with Crippen LogP contribution in [0.3, 0.4) is 0 Å². The quantitative estimate of drug-likeness (QED) is 0.718. The molecule has 0 amide bonds. The van der Waals surface area contributed by atoms with Crippen molar-refractivity contribution in [2.45, 2.75) is 0 Å². The van der Waals surface area contributed by atoms with Crippen LogP contribution in [0, 0.1) is 0 Å². The summed E-state index contributed by atoms with van der Waals surface area (Å²) in [5, 5.41) is 0.479. The summed E-state index contributed by atoms with van der Waals surface area (Å²) in [6.07, 6.45) is 3.52. The van der Waals surface area contributed by atoms with E-state index in [1.54, 1.807) is 24.4 Å². The van der Waals surface area contributed by atoms with E-state index in [2.05, 4.69) is 4.98 Å². The van der Waals surface area contributed by atoms with Crippen LogP contribution in [0.15, 0.2) is 48.8 Å². The number of nitrogens with zero attached hydrogens (tertiary/aromatic N) is 2. The number of fused-ring (bicyclic) bond motifs is 1. The maximum atomic E-state index is 6.07. The molecule has 0 unspecified atom stereocenters. The highest BCUT2D eigenvalue weighted by molar-refractivity contribution is 6.32. The maximum absolute atomic E-state index is 6.07. The Morgan fingerprint density at radius 2 is 2.00 bits per heavy atom. The molecule has 3 aromatic rings. The SMILES string of the molecule is Nc1cccc(Cl)c1Oc1cccc2nccn12. The molecular formula is C13H10ClN3O. The van der Waals surface area contributed by atoms with Crippen molar-refractivity contribution in [3.63, 3.8) is 0 Å². The summed E-state index contributed by atoms with van der Waals surface area (Å²) in [4.78, 5) is 4.18. The number of rotatable bonds is 2. The van der Waals surface area contributed by atoms with Gasteiger partial charge in [0.1, 0.15) is 5.65 Å². The third-order valence-electron chi connectivity index (χ3n) is 2.59. The highest BCUT2D eigenvalue weighted by Gasteiger charge is 2.09. The zero-order valence-corrected chi connectivity index (χ0v) is 10.1. The zero-order chi connectivity index (χ0) is 12.5. The molecule has 0 aliphatic rings. The number of hydrogen-bond acceptors (Lipinski definition) is 3. The van der Waals surface area contributed by atoms with Crippen molar-refractivity contribution < 1.29 is 4.74 Å². The monoisotopic (exact) mass is 259 g/mol. The zero-order valence-electron chi connectivity index (χ0n) is 9.38. The molecule has 2 N–H and O–H groups in total. The summed E-state index contributed by atoms with van der Waals surface area (Å²) in [5.74, 6) is 1.07. The largest absolute Gasteiger partial charge is 0.437 e. The molecule has 2 heterocycles. The first-order chi connectivity index (χ1) is 8.75. The van der Waals surface area contributed by atoms with Crippen molar-refractivity contribution in [1.29, 1.82) is 0 Å². The van der Waals surface area contributed by atoms with Crippen molar-refractivity contribution in [2.24, 2.45) is 0 Å². The molecule has 90 valence electrons. The summed E-state index contributed by atoms with van der Waals surface area (Å²) >= 11 is 6.07. The van der Waals surface area contributed by atoms with E-state index in [-0.39, 0.29) is 0 Å². The van der Waals surface area contributed by atoms with E-state index in [1.165, 1.54) is 0 Å². The molecule has 3 rings (SSSR count). The van der Waals surface area contributed by atoms with E-state index in [0.29, 0.717) is 22.3 Å². The Labute approximate surface area is 109 Å². The molecular weight excluding hydrogens is 250 g/mol. The second kappa shape index (κ2) is 4.23. The van der Waals surface area contributed by atoms with Gasteiger partial charge in [-0.1, -0.05) is 23.7 Å². The summed E-state index contributed by atoms with van der Waals surface area (Å²) in [7, 11) is 0. The van der Waals surface area contributed by atoms with Crippen molar-refractivity contribution in [3.05, 3.63) is 53.8 Å². The van der Waals surface area contributed by atoms with Gasteiger partial charge in [-0.15, -0.1) is 0 Å². The van der Waals surface area contributed by atoms with Crippen molar-refractivity contribution >= 4 is 22.9 Å². The van der Waals surface area contributed by atoms with Gasteiger partial charge < -0.3 is 10.5 Å². The van der Waals surface area contributed by atoms with Crippen LogP contribution >= 0.6 is 11.6 Å². The Bertz CT molecular complexity index is 688. The highest BCUT2D eigenvalue weighted by atomic mass is 35.5. The minimum absolute atomic E-state index is 0.459. The molecule has 1 aromatic carbocycles. The molecule has 0 saturated carbocycles. The van der Waals surface area contributed by atoms with Gasteiger partial charge in [0.25, 0.3) is 0 Å². The Kier molecular flexibility index (Phi) is 2.57. The number of hydrogen-bond donors (Lipinski definition) is 1. The van der Waals surface area contributed by atoms with Gasteiger partial charge in [-0.05, 0) is 24.3 Å². The van der Waals surface area contributed by atoms with Crippen molar-refractivity contribution in [2.75, 3.05) is 5.73 Å². The minimum Gasteiger partial charge on any atom is -0.437 e. The van der Waals surface area contributed by atoms with Crippen LogP contribution in [0.2, 0.25) is 5.02 Å². The van der Waals surface area contributed by atoms with Gasteiger partial charge >= 0.3 is 0 Å². The van der Waals surface area contributed by atoms with Crippen molar-refractivity contribution in [3.8, 4) is 11.6 Å². The summed E-state index contributed by atoms with van der Waals surface area (Å²) in [6, 6.07) is 10.9. The standard InChI is InChI=1S/C13H10ClN3O/c14-9-3-1-4-10(15)13(9)18-12-6-2-5-11-16-7-8-17(11)12/h1-8H,15H2. The van der Waals surface area contributed by atoms with E-state index < -0.39 is 0 Å². The Hall–Kier alpha value is -2.20. The van der Waals surface area contributed by atoms with Gasteiger partial charge in [-0.2, -0.15) is 0 Å². The molecule has 2 aromatic heterocycles. The molecule has 0 fully saturated rings. The summed E-state index contributed by atoms with van der Waals surface area (Å²) in [6.45, 7) is 0. The summed E-state index contributed by atoms with van der Waals surface area (Å²) < 4.78 is 7.60. The van der Waals surface area contributed by atoms with Crippen molar-refractivity contribution in [1.82, 2.24) is 9.38 Å². The van der Waals surface area contributed by atoms with Gasteiger partial charge in [0.15, 0.2) is 5.75 Å². The number of benzene rings is 1. The molecule has 18 heavy (non-hydrogen) atoms. The van der Waals surface area contributed by atoms with Crippen LogP contribution in [0.5, 0.6) is 11.6 Å². The molecule has 0 spiro atoms. The fourth-order valence-electron chi connectivity index (χ4n) is 1.74. The topological polar surface area (TPSA) is 52.5 Å². The van der Waals surface area contributed by atoms with Gasteiger partial charge in [0.2, 0.25) is 5.88 Å². The number of nitrogen functional groups attached to an aromatic ring is 1. The fraction of sp³-hybridized carbons (Fsp3) is 0. The molecule has 0 atom stereocenters. The number of halogens is 1. The van der Waals surface area contributed by atoms with E-state index in [9.17, 15) is 0 Å². The van der Waals surface area contributed by atoms with E-state index in [0.717, 1.165) is 5.65 Å². The molecule has 0 aliphatic heterocycles. The lowest BCUT2D eigenvalue weighted by Crippen LogP contribution is -1.96. The first kappa shape index (κ1) is 10.9. The van der Waals surface area contributed by atoms with E-state index >= 15 is 0 Å². The number of imidazole rings is 1. The van der Waals surface area contributed by atoms with Crippen LogP contribution < -0.4 is 10.5 Å². The number of para-hydroxylation sites is 1. The Morgan fingerprint density at radius 3 is 2.83 bits per heavy atom. The van der Waals surface area contributed by atoms with Gasteiger partial charge in [-0.3, -0.25) is 4.40 Å². The normalized spacial score (nSPS) is 10.7. The van der Waals surface area contributed by atoms with Gasteiger partial charge in [0, 0.05) is 12.4 Å². The number of aromatic nitrogens is 2. The van der Waals surface area contributed by atoms with Crippen LogP contribution in [-0.2, 0) is 0 Å². The average Bonchev–Trinajstić information content (AvgIpc) is 2.83. The molecule has 0 bridgehead atoms. The second-order valence-corrected chi connectivity index (χ2v) is 4.19. The molecule has 0 saturated heterocycles. The number of anilines is 1. The van der Waals surface area contributed by atoms with E-state index in [4.69, 9.17) is 22.1 Å². The smallest absolute Gasteiger partial charge is 0.205 e. The van der Waals surface area contributed by atoms with Crippen LogP contribution in [0.25, 0.3) is 5.65 Å². The number of pyridine rings is 1. The maximum Gasteiger partial charge on any atom is 0.205 e. The van der Waals surface area contributed by atoms with Gasteiger partial charge in [-0.25, -0.2) is 4.98 Å². The molecule has 0 radical (unpaired) electrons. The third-order valence-corrected chi connectivity index (χ3v) is 2.89. The predicted molar refractivity (Wildman–Crippen MR) is 71.1 cm³/mol. The van der Waals surface area contributed by atoms with Crippen LogP contribution in [0.1, 0.15) is 0 Å². The summed E-state index contributed by atoms with van der Waals surface area (Å²) in [5.41, 5.74) is 7.16. The van der Waals surface area contributed by atoms with Crippen LogP contribution in [-0.4, -0.2) is 9.38 Å². The number of nitrogens with two attached hydrogens (primary N) is 1. The molecule has 5 heteroatoms. The minimum atomic E-state index is 0.459. The Balaban J connectivity index is 2.09. The lowest BCUT2D eigenvalue weighted by molar-refractivity contribution is 0.458. The first-order valence-electron chi connectivity index (χ1n) is 5.39. The van der Waals surface area contributed by atoms with E-state index in [1.807, 2.05) is 28.8 Å². The molecule has 4 nitrogen and oxygen atoms in total. The third kappa shape index (κ3) is 1.76. The second-order valence-electron chi connectivity index (χ2n) is 3.78. The lowest BCUT2D eigenvalue weighted by Gasteiger charge is -2.11. The average molecular weight is 260 g/mol. The molecule has 0 aliphatic carbocycles. The predicted octanol–water partition coefficient (Wildman–Crippen LogP) is 3.36. The first-order valence-corrected chi connectivity index (χ1v) is 5.77. The van der Waals surface area contributed by atoms with Crippen LogP contribution in [0.4, 0.5) is 5.69 Å². The number of ether oxygens (including phenoxy) is 1. The highest BCUT2D eigenvalue weighted by Crippen LogP contribution is 2.34. The Morgan fingerprint density at radius 1 is 1.17 bits per heavy atom. The fourth-order valence-corrected chi connectivity index (χ4v) is 1.96.